The monoisotopic (exact) mass is 470 g/mol. The number of benzene rings is 2. The Bertz CT molecular complexity index is 1450. The van der Waals surface area contributed by atoms with Crippen molar-refractivity contribution in [1.82, 2.24) is 19.9 Å². The van der Waals surface area contributed by atoms with Crippen LogP contribution in [0.5, 0.6) is 11.6 Å². The van der Waals surface area contributed by atoms with Crippen LogP contribution < -0.4 is 15.4 Å². The van der Waals surface area contributed by atoms with Gasteiger partial charge in [0, 0.05) is 35.8 Å². The largest absolute Gasteiger partial charge is 0.437 e. The highest BCUT2D eigenvalue weighted by Crippen LogP contribution is 2.30. The minimum Gasteiger partial charge on any atom is -0.437 e. The first-order chi connectivity index (χ1) is 17.0. The number of carbonyl (C=O) groups is 1. The molecule has 1 saturated carbocycles. The van der Waals surface area contributed by atoms with Crippen LogP contribution >= 0.6 is 0 Å². The molecule has 2 heterocycles. The second-order valence-corrected chi connectivity index (χ2v) is 8.45. The third-order valence-corrected chi connectivity index (χ3v) is 5.70. The average molecular weight is 471 g/mol. The van der Waals surface area contributed by atoms with E-state index in [1.807, 2.05) is 19.1 Å². The van der Waals surface area contributed by atoms with Crippen molar-refractivity contribution in [3.05, 3.63) is 71.7 Å². The van der Waals surface area contributed by atoms with Crippen LogP contribution in [0.4, 0.5) is 10.1 Å². The number of aryl methyl sites for hydroxylation is 1. The standard InChI is InChI=1S/C26H23FN6O2/c1-16-12-17(6-9-21(16)26(34)31-19-7-8-19)23-15-30-25-22(29-11-3-10-28)14-24(32-33(23)25)35-20-5-2-4-18(27)13-20/h2,4-6,9,12-15,19,29H,3,7-8,11H2,1H3,(H,31,34). The van der Waals surface area contributed by atoms with Gasteiger partial charge in [-0.05, 0) is 49.6 Å². The Hall–Kier alpha value is -4.45. The molecule has 0 spiro atoms. The highest BCUT2D eigenvalue weighted by Gasteiger charge is 2.24. The van der Waals surface area contributed by atoms with Crippen molar-refractivity contribution in [1.29, 1.82) is 5.26 Å². The van der Waals surface area contributed by atoms with Crippen molar-refractivity contribution in [2.24, 2.45) is 0 Å². The summed E-state index contributed by atoms with van der Waals surface area (Å²) in [5.41, 5.74) is 4.19. The minimum absolute atomic E-state index is 0.0671. The van der Waals surface area contributed by atoms with Crippen LogP contribution in [0.15, 0.2) is 54.7 Å². The van der Waals surface area contributed by atoms with Crippen LogP contribution in [0.2, 0.25) is 0 Å². The fourth-order valence-electron chi connectivity index (χ4n) is 3.80. The third kappa shape index (κ3) is 4.92. The molecule has 0 saturated heterocycles. The molecule has 1 aliphatic rings. The Balaban J connectivity index is 1.53. The SMILES string of the molecule is Cc1cc(-c2cnc3c(NCCC#N)cc(Oc4cccc(F)c4)nn23)ccc1C(=O)NC1CC1. The third-order valence-electron chi connectivity index (χ3n) is 5.70. The number of imidazole rings is 1. The van der Waals surface area contributed by atoms with Crippen molar-refractivity contribution in [2.45, 2.75) is 32.2 Å². The van der Waals surface area contributed by atoms with E-state index < -0.39 is 5.82 Å². The molecule has 176 valence electrons. The lowest BCUT2D eigenvalue weighted by Crippen LogP contribution is -2.26. The zero-order valence-corrected chi connectivity index (χ0v) is 19.1. The topological polar surface area (TPSA) is 104 Å². The van der Waals surface area contributed by atoms with Gasteiger partial charge in [-0.3, -0.25) is 4.79 Å². The van der Waals surface area contributed by atoms with Crippen LogP contribution in [-0.4, -0.2) is 33.1 Å². The minimum atomic E-state index is -0.416. The predicted octanol–water partition coefficient (Wildman–Crippen LogP) is 4.85. The van der Waals surface area contributed by atoms with E-state index >= 15 is 0 Å². The predicted molar refractivity (Wildman–Crippen MR) is 129 cm³/mol. The van der Waals surface area contributed by atoms with Crippen LogP contribution in [-0.2, 0) is 0 Å². The zero-order chi connectivity index (χ0) is 24.4. The number of hydrogen-bond donors (Lipinski definition) is 2. The number of aromatic nitrogens is 3. The summed E-state index contributed by atoms with van der Waals surface area (Å²) in [7, 11) is 0. The van der Waals surface area contributed by atoms with Gasteiger partial charge in [0.2, 0.25) is 5.88 Å². The molecule has 0 unspecified atom stereocenters. The summed E-state index contributed by atoms with van der Waals surface area (Å²) >= 11 is 0. The van der Waals surface area contributed by atoms with Gasteiger partial charge < -0.3 is 15.4 Å². The average Bonchev–Trinajstić information content (AvgIpc) is 3.54. The molecule has 1 fully saturated rings. The molecular formula is C26H23FN6O2. The summed E-state index contributed by atoms with van der Waals surface area (Å²) in [6, 6.07) is 15.5. The lowest BCUT2D eigenvalue weighted by molar-refractivity contribution is 0.0950. The van der Waals surface area contributed by atoms with Gasteiger partial charge >= 0.3 is 0 Å². The first kappa shape index (κ1) is 22.3. The molecule has 0 bridgehead atoms. The number of nitrogens with zero attached hydrogens (tertiary/aromatic N) is 4. The Morgan fingerprint density at radius 1 is 1.26 bits per heavy atom. The number of rotatable bonds is 8. The number of hydrogen-bond acceptors (Lipinski definition) is 6. The van der Waals surface area contributed by atoms with Crippen molar-refractivity contribution < 1.29 is 13.9 Å². The quantitative estimate of drug-likeness (QED) is 0.357. The van der Waals surface area contributed by atoms with Crippen LogP contribution in [0, 0.1) is 24.1 Å². The molecule has 2 aromatic heterocycles. The lowest BCUT2D eigenvalue weighted by Gasteiger charge is -2.12. The second-order valence-electron chi connectivity index (χ2n) is 8.45. The van der Waals surface area contributed by atoms with E-state index in [0.717, 1.165) is 24.0 Å². The number of halogens is 1. The summed E-state index contributed by atoms with van der Waals surface area (Å²) in [5, 5.41) is 19.7. The summed E-state index contributed by atoms with van der Waals surface area (Å²) in [4.78, 5) is 17.1. The molecule has 0 atom stereocenters. The van der Waals surface area contributed by atoms with Gasteiger partial charge in [0.1, 0.15) is 11.6 Å². The van der Waals surface area contributed by atoms with Gasteiger partial charge in [0.25, 0.3) is 5.91 Å². The molecule has 0 aliphatic heterocycles. The molecule has 2 aromatic carbocycles. The molecule has 8 nitrogen and oxygen atoms in total. The van der Waals surface area contributed by atoms with Gasteiger partial charge in [-0.2, -0.15) is 5.26 Å². The smallest absolute Gasteiger partial charge is 0.251 e. The van der Waals surface area contributed by atoms with Crippen LogP contribution in [0.25, 0.3) is 16.9 Å². The van der Waals surface area contributed by atoms with E-state index in [1.54, 1.807) is 35.0 Å². The van der Waals surface area contributed by atoms with Crippen molar-refractivity contribution in [3.8, 4) is 29.0 Å². The van der Waals surface area contributed by atoms with Crippen LogP contribution in [0.3, 0.4) is 0 Å². The number of ether oxygens (including phenoxy) is 1. The fraction of sp³-hybridized carbons (Fsp3) is 0.231. The molecule has 2 N–H and O–H groups in total. The number of nitriles is 1. The van der Waals surface area contributed by atoms with E-state index in [2.05, 4.69) is 26.8 Å². The fourth-order valence-corrected chi connectivity index (χ4v) is 3.80. The van der Waals surface area contributed by atoms with E-state index in [-0.39, 0.29) is 17.8 Å². The van der Waals surface area contributed by atoms with Gasteiger partial charge in [-0.15, -0.1) is 5.10 Å². The maximum Gasteiger partial charge on any atom is 0.251 e. The summed E-state index contributed by atoms with van der Waals surface area (Å²) in [6.07, 6.45) is 4.07. The van der Waals surface area contributed by atoms with E-state index in [9.17, 15) is 9.18 Å². The van der Waals surface area contributed by atoms with E-state index in [4.69, 9.17) is 10.00 Å². The summed E-state index contributed by atoms with van der Waals surface area (Å²) in [5.74, 6) is 0.0606. The number of anilines is 1. The first-order valence-electron chi connectivity index (χ1n) is 11.4. The highest BCUT2D eigenvalue weighted by molar-refractivity contribution is 5.96. The Labute approximate surface area is 201 Å². The molecule has 0 radical (unpaired) electrons. The lowest BCUT2D eigenvalue weighted by atomic mass is 10.0. The Morgan fingerprint density at radius 3 is 2.86 bits per heavy atom. The van der Waals surface area contributed by atoms with Crippen molar-refractivity contribution in [2.75, 3.05) is 11.9 Å². The summed E-state index contributed by atoms with van der Waals surface area (Å²) < 4.78 is 21.1. The first-order valence-corrected chi connectivity index (χ1v) is 11.4. The van der Waals surface area contributed by atoms with Crippen molar-refractivity contribution >= 4 is 17.2 Å². The number of nitrogens with one attached hydrogen (secondary N) is 2. The van der Waals surface area contributed by atoms with Crippen molar-refractivity contribution in [3.63, 3.8) is 0 Å². The van der Waals surface area contributed by atoms with Gasteiger partial charge in [0.05, 0.1) is 30.1 Å². The number of carbonyl (C=O) groups excluding carboxylic acids is 1. The number of amides is 1. The molecule has 1 amide bonds. The molecule has 4 aromatic rings. The summed E-state index contributed by atoms with van der Waals surface area (Å²) in [6.45, 7) is 2.32. The second kappa shape index (κ2) is 9.43. The highest BCUT2D eigenvalue weighted by atomic mass is 19.1. The molecule has 9 heteroatoms. The zero-order valence-electron chi connectivity index (χ0n) is 19.1. The van der Waals surface area contributed by atoms with Crippen LogP contribution in [0.1, 0.15) is 35.2 Å². The van der Waals surface area contributed by atoms with Gasteiger partial charge in [0.15, 0.2) is 5.65 Å². The maximum absolute atomic E-state index is 13.7. The van der Waals surface area contributed by atoms with Gasteiger partial charge in [-0.25, -0.2) is 13.9 Å². The molecule has 1 aliphatic carbocycles. The molecule has 5 rings (SSSR count). The Kier molecular flexibility index (Phi) is 6.02. The Morgan fingerprint density at radius 2 is 2.11 bits per heavy atom. The van der Waals surface area contributed by atoms with Gasteiger partial charge in [-0.1, -0.05) is 12.1 Å². The normalized spacial score (nSPS) is 12.8. The molecule has 35 heavy (non-hydrogen) atoms. The van der Waals surface area contributed by atoms with E-state index in [0.29, 0.717) is 41.3 Å². The molecular weight excluding hydrogens is 447 g/mol. The maximum atomic E-state index is 13.7. The number of fused-ring (bicyclic) bond motifs is 1. The van der Waals surface area contributed by atoms with E-state index in [1.165, 1.54) is 12.1 Å².